The number of thioether (sulfide) groups is 3. The van der Waals surface area contributed by atoms with Crippen LogP contribution in [0.1, 0.15) is 13.8 Å². The molecule has 0 spiro atoms. The molecule has 0 saturated carbocycles. The molecule has 0 nitrogen and oxygen atoms in total. The van der Waals surface area contributed by atoms with Crippen LogP contribution in [-0.4, -0.2) is 21.0 Å². The molecule has 0 amide bonds. The molecule has 4 unspecified atom stereocenters. The monoisotopic (exact) mass is 228 g/mol. The molecule has 3 aliphatic heterocycles. The van der Waals surface area contributed by atoms with Crippen LogP contribution >= 0.6 is 35.3 Å². The summed E-state index contributed by atoms with van der Waals surface area (Å²) >= 11 is 6.32. The molecule has 0 aromatic heterocycles. The van der Waals surface area contributed by atoms with Gasteiger partial charge in [0.2, 0.25) is 0 Å². The van der Waals surface area contributed by atoms with E-state index in [9.17, 15) is 0 Å². The molecule has 13 heavy (non-hydrogen) atoms. The van der Waals surface area contributed by atoms with Gasteiger partial charge in [-0.3, -0.25) is 0 Å². The zero-order valence-electron chi connectivity index (χ0n) is 7.69. The van der Waals surface area contributed by atoms with E-state index in [4.69, 9.17) is 0 Å². The Morgan fingerprint density at radius 3 is 1.85 bits per heavy atom. The maximum absolute atomic E-state index is 2.45. The van der Waals surface area contributed by atoms with Crippen LogP contribution < -0.4 is 0 Å². The Balaban J connectivity index is 1.92. The molecule has 0 aromatic rings. The zero-order chi connectivity index (χ0) is 9.00. The lowest BCUT2D eigenvalue weighted by Crippen LogP contribution is -2.12. The van der Waals surface area contributed by atoms with Gasteiger partial charge in [0, 0.05) is 20.3 Å². The molecule has 1 fully saturated rings. The second-order valence-electron chi connectivity index (χ2n) is 3.76. The maximum Gasteiger partial charge on any atom is 0.0528 e. The molecule has 3 rings (SSSR count). The van der Waals surface area contributed by atoms with Crippen LogP contribution in [0.5, 0.6) is 0 Å². The van der Waals surface area contributed by atoms with Gasteiger partial charge in [-0.05, 0) is 13.8 Å². The van der Waals surface area contributed by atoms with E-state index in [0.29, 0.717) is 0 Å². The van der Waals surface area contributed by atoms with Crippen molar-refractivity contribution in [2.75, 3.05) is 0 Å². The lowest BCUT2D eigenvalue weighted by molar-refractivity contribution is 1.12. The standard InChI is InChI=1S/C10H12S3/c1-5-3-7-9(11-5)10-8(13-7)4-6(2)12-10/h3-6,9-10H,1-2H3. The Hall–Kier alpha value is 0.530. The third-order valence-electron chi connectivity index (χ3n) is 2.59. The lowest BCUT2D eigenvalue weighted by Gasteiger charge is -2.14. The maximum atomic E-state index is 2.45. The molecule has 70 valence electrons. The van der Waals surface area contributed by atoms with E-state index in [1.54, 1.807) is 9.81 Å². The molecule has 0 bridgehead atoms. The van der Waals surface area contributed by atoms with Gasteiger partial charge in [0.1, 0.15) is 0 Å². The van der Waals surface area contributed by atoms with Gasteiger partial charge in [-0.25, -0.2) is 0 Å². The summed E-state index contributed by atoms with van der Waals surface area (Å²) in [5.74, 6) is 0. The predicted molar refractivity (Wildman–Crippen MR) is 65.4 cm³/mol. The van der Waals surface area contributed by atoms with Crippen molar-refractivity contribution in [3.8, 4) is 0 Å². The molecule has 1 saturated heterocycles. The number of fused-ring (bicyclic) bond motifs is 3. The van der Waals surface area contributed by atoms with Crippen LogP contribution in [0.25, 0.3) is 0 Å². The van der Waals surface area contributed by atoms with Gasteiger partial charge in [-0.2, -0.15) is 0 Å². The first kappa shape index (κ1) is 8.81. The van der Waals surface area contributed by atoms with Gasteiger partial charge in [-0.15, -0.1) is 23.5 Å². The molecule has 3 heterocycles. The third-order valence-corrected chi connectivity index (χ3v) is 7.08. The molecule has 3 heteroatoms. The van der Waals surface area contributed by atoms with Gasteiger partial charge < -0.3 is 0 Å². The van der Waals surface area contributed by atoms with Crippen molar-refractivity contribution in [1.82, 2.24) is 0 Å². The van der Waals surface area contributed by atoms with E-state index in [1.807, 2.05) is 11.8 Å². The fraction of sp³-hybridized carbons (Fsp3) is 0.600. The van der Waals surface area contributed by atoms with Crippen LogP contribution in [0.3, 0.4) is 0 Å². The first-order valence-electron chi connectivity index (χ1n) is 4.66. The van der Waals surface area contributed by atoms with Crippen molar-refractivity contribution in [2.45, 2.75) is 34.8 Å². The van der Waals surface area contributed by atoms with E-state index in [2.05, 4.69) is 49.5 Å². The van der Waals surface area contributed by atoms with Gasteiger partial charge in [0.25, 0.3) is 0 Å². The highest BCUT2D eigenvalue weighted by molar-refractivity contribution is 8.14. The highest BCUT2D eigenvalue weighted by Crippen LogP contribution is 2.59. The summed E-state index contributed by atoms with van der Waals surface area (Å²) in [7, 11) is 0. The van der Waals surface area contributed by atoms with Crippen molar-refractivity contribution in [3.63, 3.8) is 0 Å². The quantitative estimate of drug-likeness (QED) is 0.623. The Morgan fingerprint density at radius 2 is 1.38 bits per heavy atom. The Kier molecular flexibility index (Phi) is 2.04. The first-order chi connectivity index (χ1) is 6.24. The molecule has 0 N–H and O–H groups in total. The third kappa shape index (κ3) is 1.31. The number of rotatable bonds is 0. The summed E-state index contributed by atoms with van der Waals surface area (Å²) in [4.78, 5) is 3.27. The summed E-state index contributed by atoms with van der Waals surface area (Å²) in [6, 6.07) is 0. The van der Waals surface area contributed by atoms with Gasteiger partial charge >= 0.3 is 0 Å². The molecular formula is C10H12S3. The van der Waals surface area contributed by atoms with Gasteiger partial charge in [-0.1, -0.05) is 23.9 Å². The summed E-state index contributed by atoms with van der Waals surface area (Å²) in [6.45, 7) is 4.62. The normalized spacial score (nSPS) is 47.2. The number of hydrogen-bond acceptors (Lipinski definition) is 3. The summed E-state index contributed by atoms with van der Waals surface area (Å²) in [6.07, 6.45) is 4.90. The smallest absolute Gasteiger partial charge is 0.0528 e. The molecule has 4 atom stereocenters. The van der Waals surface area contributed by atoms with E-state index >= 15 is 0 Å². The van der Waals surface area contributed by atoms with E-state index in [0.717, 1.165) is 21.0 Å². The minimum absolute atomic E-state index is 0.741. The SMILES string of the molecule is CC1C=C2SC3=CC(C)SC3C2S1. The van der Waals surface area contributed by atoms with Crippen LogP contribution in [0.4, 0.5) is 0 Å². The first-order valence-corrected chi connectivity index (χ1v) is 7.36. The van der Waals surface area contributed by atoms with E-state index in [-0.39, 0.29) is 0 Å². The zero-order valence-corrected chi connectivity index (χ0v) is 10.1. The highest BCUT2D eigenvalue weighted by Gasteiger charge is 2.44. The van der Waals surface area contributed by atoms with Gasteiger partial charge in [0.05, 0.1) is 10.5 Å². The predicted octanol–water partition coefficient (Wildman–Crippen LogP) is 3.51. The lowest BCUT2D eigenvalue weighted by atomic mass is 10.2. The average molecular weight is 228 g/mol. The number of hydrogen-bond donors (Lipinski definition) is 0. The van der Waals surface area contributed by atoms with Crippen molar-refractivity contribution in [2.24, 2.45) is 0 Å². The summed E-state index contributed by atoms with van der Waals surface area (Å²) in [5, 5.41) is 3.07. The molecule has 0 aliphatic carbocycles. The van der Waals surface area contributed by atoms with Crippen LogP contribution in [0.15, 0.2) is 22.0 Å². The Bertz CT molecular complexity index is 275. The minimum atomic E-state index is 0.741. The summed E-state index contributed by atoms with van der Waals surface area (Å²) in [5.41, 5.74) is 0. The van der Waals surface area contributed by atoms with Crippen molar-refractivity contribution in [3.05, 3.63) is 22.0 Å². The second-order valence-corrected chi connectivity index (χ2v) is 7.96. The van der Waals surface area contributed by atoms with Crippen LogP contribution in [0.2, 0.25) is 0 Å². The van der Waals surface area contributed by atoms with Crippen LogP contribution in [-0.2, 0) is 0 Å². The van der Waals surface area contributed by atoms with Crippen molar-refractivity contribution < 1.29 is 0 Å². The largest absolute Gasteiger partial charge is 0.144 e. The van der Waals surface area contributed by atoms with E-state index < -0.39 is 0 Å². The minimum Gasteiger partial charge on any atom is -0.144 e. The molecule has 3 aliphatic rings. The molecule has 0 radical (unpaired) electrons. The van der Waals surface area contributed by atoms with Crippen LogP contribution in [0, 0.1) is 0 Å². The molecule has 0 aromatic carbocycles. The molecular weight excluding hydrogens is 216 g/mol. The fourth-order valence-electron chi connectivity index (χ4n) is 2.09. The second kappa shape index (κ2) is 3.01. The van der Waals surface area contributed by atoms with Gasteiger partial charge in [0.15, 0.2) is 0 Å². The average Bonchev–Trinajstić information content (AvgIpc) is 2.60. The van der Waals surface area contributed by atoms with Crippen molar-refractivity contribution in [1.29, 1.82) is 0 Å². The van der Waals surface area contributed by atoms with E-state index in [1.165, 1.54) is 0 Å². The summed E-state index contributed by atoms with van der Waals surface area (Å²) < 4.78 is 0. The van der Waals surface area contributed by atoms with Crippen molar-refractivity contribution >= 4 is 35.3 Å². The Morgan fingerprint density at radius 1 is 0.923 bits per heavy atom. The fourth-order valence-corrected chi connectivity index (χ4v) is 7.14. The highest BCUT2D eigenvalue weighted by atomic mass is 32.2. The Labute approximate surface area is 92.0 Å². The topological polar surface area (TPSA) is 0 Å².